The molecule has 0 radical (unpaired) electrons. The van der Waals surface area contributed by atoms with Crippen LogP contribution in [0.4, 0.5) is 10.5 Å². The van der Waals surface area contributed by atoms with Crippen molar-refractivity contribution in [3.8, 4) is 0 Å². The van der Waals surface area contributed by atoms with Crippen LogP contribution in [0.15, 0.2) is 42.5 Å². The first-order valence-corrected chi connectivity index (χ1v) is 21.5. The second kappa shape index (κ2) is 23.7. The number of alkyl carbamates (subject to hydrolysis) is 1. The summed E-state index contributed by atoms with van der Waals surface area (Å²) in [5, 5.41) is 21.4. The van der Waals surface area contributed by atoms with Gasteiger partial charge in [-0.25, -0.2) is 14.6 Å². The van der Waals surface area contributed by atoms with E-state index < -0.39 is 77.4 Å². The van der Waals surface area contributed by atoms with Gasteiger partial charge >= 0.3 is 12.1 Å². The van der Waals surface area contributed by atoms with Gasteiger partial charge in [-0.15, -0.1) is 0 Å². The van der Waals surface area contributed by atoms with E-state index in [0.717, 1.165) is 10.8 Å². The van der Waals surface area contributed by atoms with Gasteiger partial charge in [-0.1, -0.05) is 64.4 Å². The Morgan fingerprint density at radius 3 is 2.05 bits per heavy atom. The fourth-order valence-electron chi connectivity index (χ4n) is 7.34. The third kappa shape index (κ3) is 14.9. The SMILES string of the molecule is CC[C@H](C)[C@@H](C(=O)N[C@@H](CC(C)C)C(=O)O)N(Nc1ccc2ccccc2c1)C(=O)[C@@H]1CCCN1C(=O)[C@H](CCCCN)NC(=O)[C@H](CCCCN)NC(=O)OC(C)(C)C. The predicted molar refractivity (Wildman–Crippen MR) is 232 cm³/mol. The number of amides is 5. The van der Waals surface area contributed by atoms with Crippen molar-refractivity contribution in [1.29, 1.82) is 0 Å². The highest BCUT2D eigenvalue weighted by molar-refractivity contribution is 5.97. The zero-order chi connectivity index (χ0) is 44.6. The fourth-order valence-corrected chi connectivity index (χ4v) is 7.34. The van der Waals surface area contributed by atoms with E-state index >= 15 is 4.79 Å². The van der Waals surface area contributed by atoms with Crippen molar-refractivity contribution in [2.24, 2.45) is 23.3 Å². The molecule has 0 aromatic heterocycles. The number of aliphatic carboxylic acids is 1. The molecule has 2 aromatic rings. The molecule has 0 aliphatic carbocycles. The van der Waals surface area contributed by atoms with Crippen LogP contribution in [-0.4, -0.2) is 106 Å². The summed E-state index contributed by atoms with van der Waals surface area (Å²) in [6, 6.07) is 7.78. The molecule has 9 N–H and O–H groups in total. The number of ether oxygens (including phenoxy) is 1. The van der Waals surface area contributed by atoms with E-state index in [0.29, 0.717) is 57.3 Å². The van der Waals surface area contributed by atoms with Crippen molar-refractivity contribution in [2.45, 2.75) is 148 Å². The molecular weight excluding hydrogens is 769 g/mol. The number of hydrazine groups is 1. The third-order valence-corrected chi connectivity index (χ3v) is 10.6. The molecule has 0 saturated carbocycles. The Hall–Kier alpha value is -4.96. The van der Waals surface area contributed by atoms with Gasteiger partial charge in [0.25, 0.3) is 5.91 Å². The average molecular weight is 839 g/mol. The molecule has 16 nitrogen and oxygen atoms in total. The number of carboxylic acid groups (broad SMARTS) is 1. The largest absolute Gasteiger partial charge is 0.480 e. The summed E-state index contributed by atoms with van der Waals surface area (Å²) >= 11 is 0. The smallest absolute Gasteiger partial charge is 0.408 e. The van der Waals surface area contributed by atoms with Gasteiger partial charge < -0.3 is 42.2 Å². The molecule has 3 rings (SSSR count). The van der Waals surface area contributed by atoms with Crippen LogP contribution in [0.25, 0.3) is 10.8 Å². The number of carbonyl (C=O) groups excluding carboxylic acids is 5. The summed E-state index contributed by atoms with van der Waals surface area (Å²) in [7, 11) is 0. The summed E-state index contributed by atoms with van der Waals surface area (Å²) in [5.41, 5.74) is 14.4. The van der Waals surface area contributed by atoms with E-state index in [2.05, 4.69) is 21.4 Å². The molecule has 5 amide bonds. The monoisotopic (exact) mass is 839 g/mol. The van der Waals surface area contributed by atoms with Gasteiger partial charge in [-0.3, -0.25) is 24.6 Å². The molecule has 1 aliphatic rings. The minimum absolute atomic E-state index is 0.0347. The van der Waals surface area contributed by atoms with E-state index in [1.165, 1.54) is 9.91 Å². The Morgan fingerprint density at radius 1 is 0.850 bits per heavy atom. The van der Waals surface area contributed by atoms with Crippen LogP contribution in [0.3, 0.4) is 0 Å². The number of rotatable bonds is 23. The lowest BCUT2D eigenvalue weighted by Crippen LogP contribution is -2.62. The Bertz CT molecular complexity index is 1750. The number of hydrogen-bond donors (Lipinski definition) is 7. The Morgan fingerprint density at radius 2 is 1.47 bits per heavy atom. The minimum Gasteiger partial charge on any atom is -0.480 e. The summed E-state index contributed by atoms with van der Waals surface area (Å²) in [5.74, 6) is -3.91. The number of hydrogen-bond acceptors (Lipinski definition) is 10. The van der Waals surface area contributed by atoms with Crippen LogP contribution in [0.1, 0.15) is 113 Å². The highest BCUT2D eigenvalue weighted by Crippen LogP contribution is 2.27. The second-order valence-electron chi connectivity index (χ2n) is 17.3. The van der Waals surface area contributed by atoms with Crippen LogP contribution in [0, 0.1) is 11.8 Å². The van der Waals surface area contributed by atoms with Gasteiger partial charge in [0.15, 0.2) is 0 Å². The molecule has 60 heavy (non-hydrogen) atoms. The van der Waals surface area contributed by atoms with E-state index in [1.54, 1.807) is 26.8 Å². The highest BCUT2D eigenvalue weighted by Gasteiger charge is 2.44. The van der Waals surface area contributed by atoms with Crippen LogP contribution >= 0.6 is 0 Å². The van der Waals surface area contributed by atoms with Gasteiger partial charge in [-0.2, -0.15) is 0 Å². The quantitative estimate of drug-likeness (QED) is 0.0601. The predicted octanol–water partition coefficient (Wildman–Crippen LogP) is 4.65. The summed E-state index contributed by atoms with van der Waals surface area (Å²) in [4.78, 5) is 84.5. The number of benzene rings is 2. The maximum Gasteiger partial charge on any atom is 0.408 e. The van der Waals surface area contributed by atoms with Crippen molar-refractivity contribution in [1.82, 2.24) is 25.9 Å². The molecule has 1 aliphatic heterocycles. The van der Waals surface area contributed by atoms with Gasteiger partial charge in [-0.05, 0) is 126 Å². The van der Waals surface area contributed by atoms with Crippen molar-refractivity contribution in [2.75, 3.05) is 25.1 Å². The summed E-state index contributed by atoms with van der Waals surface area (Å²) in [6.45, 7) is 13.6. The van der Waals surface area contributed by atoms with Gasteiger partial charge in [0.1, 0.15) is 35.8 Å². The third-order valence-electron chi connectivity index (χ3n) is 10.6. The normalized spacial score (nSPS) is 16.6. The molecule has 0 unspecified atom stereocenters. The number of nitrogens with two attached hydrogens (primary N) is 2. The lowest BCUT2D eigenvalue weighted by Gasteiger charge is -2.39. The number of carboxylic acids is 1. The lowest BCUT2D eigenvalue weighted by molar-refractivity contribution is -0.150. The zero-order valence-corrected chi connectivity index (χ0v) is 36.6. The van der Waals surface area contributed by atoms with E-state index in [4.69, 9.17) is 16.2 Å². The van der Waals surface area contributed by atoms with E-state index in [-0.39, 0.29) is 38.1 Å². The van der Waals surface area contributed by atoms with E-state index in [1.807, 2.05) is 64.1 Å². The van der Waals surface area contributed by atoms with E-state index in [9.17, 15) is 29.1 Å². The Labute approximate surface area is 355 Å². The van der Waals surface area contributed by atoms with Gasteiger partial charge in [0.2, 0.25) is 17.7 Å². The van der Waals surface area contributed by atoms with Crippen LogP contribution in [0.2, 0.25) is 0 Å². The van der Waals surface area contributed by atoms with Crippen molar-refractivity contribution in [3.63, 3.8) is 0 Å². The van der Waals surface area contributed by atoms with Crippen molar-refractivity contribution < 1.29 is 38.6 Å². The van der Waals surface area contributed by atoms with Crippen LogP contribution < -0.4 is 32.8 Å². The van der Waals surface area contributed by atoms with Gasteiger partial charge in [0.05, 0.1) is 5.69 Å². The highest BCUT2D eigenvalue weighted by atomic mass is 16.6. The van der Waals surface area contributed by atoms with Crippen LogP contribution in [0.5, 0.6) is 0 Å². The number of nitrogens with one attached hydrogen (secondary N) is 4. The molecule has 0 bridgehead atoms. The van der Waals surface area contributed by atoms with Crippen molar-refractivity contribution >= 4 is 52.2 Å². The Kier molecular flexibility index (Phi) is 19.5. The second-order valence-corrected chi connectivity index (χ2v) is 17.3. The first-order valence-electron chi connectivity index (χ1n) is 21.5. The minimum atomic E-state index is -1.19. The number of fused-ring (bicyclic) bond motifs is 1. The number of likely N-dealkylation sites (tertiary alicyclic amines) is 1. The average Bonchev–Trinajstić information content (AvgIpc) is 3.68. The number of anilines is 1. The molecule has 1 fully saturated rings. The Balaban J connectivity index is 2.03. The standard InChI is InChI=1S/C44H70N8O8/c1-8-29(4)37(39(54)48-35(42(57)58)26-28(2)3)52(50-32-22-21-30-16-9-10-17-31(30)27-32)41(56)36-20-15-25-51(36)40(55)34(19-12-14-24-46)47-38(53)33(18-11-13-23-45)49-43(59)60-44(5,6)7/h9-10,16-17,21-22,27-29,33-37,50H,8,11-15,18-20,23-26,45-46H2,1-7H3,(H,47,53)(H,48,54)(H,49,59)(H,57,58)/t29-,33-,34-,35-,36-,37-/m0/s1. The lowest BCUT2D eigenvalue weighted by atomic mass is 9.95. The fraction of sp³-hybridized carbons (Fsp3) is 0.636. The molecule has 334 valence electrons. The molecule has 0 spiro atoms. The number of carbonyl (C=O) groups is 6. The summed E-state index contributed by atoms with van der Waals surface area (Å²) < 4.78 is 5.43. The first kappa shape index (κ1) is 49.4. The van der Waals surface area contributed by atoms with Crippen molar-refractivity contribution in [3.05, 3.63) is 42.5 Å². The maximum atomic E-state index is 15.1. The molecule has 16 heteroatoms. The molecule has 1 saturated heterocycles. The zero-order valence-electron chi connectivity index (χ0n) is 36.6. The molecule has 2 aromatic carbocycles. The number of nitrogens with zero attached hydrogens (tertiary/aromatic N) is 2. The van der Waals surface area contributed by atoms with Crippen LogP contribution in [-0.2, 0) is 28.7 Å². The number of unbranched alkanes of at least 4 members (excludes halogenated alkanes) is 2. The molecule has 1 heterocycles. The maximum absolute atomic E-state index is 15.1. The van der Waals surface area contributed by atoms with Gasteiger partial charge in [0, 0.05) is 6.54 Å². The summed E-state index contributed by atoms with van der Waals surface area (Å²) in [6.07, 6.45) is 3.36. The topological polar surface area (TPSA) is 239 Å². The molecule has 6 atom stereocenters. The molecular formula is C44H70N8O8. The first-order chi connectivity index (χ1) is 28.4.